The molecule has 0 spiro atoms. The van der Waals surface area contributed by atoms with Gasteiger partial charge in [0.15, 0.2) is 0 Å². The first kappa shape index (κ1) is 11.7. The second-order valence-electron chi connectivity index (χ2n) is 6.28. The molecule has 3 unspecified atom stereocenters. The van der Waals surface area contributed by atoms with Crippen LogP contribution in [0.15, 0.2) is 18.2 Å². The number of fused-ring (bicyclic) bond motifs is 2. The van der Waals surface area contributed by atoms with E-state index in [1.807, 2.05) is 12.1 Å². The summed E-state index contributed by atoms with van der Waals surface area (Å²) in [4.78, 5) is 2.66. The number of nitrogens with zero attached hydrogens (tertiary/aromatic N) is 1. The Hall–Kier alpha value is -1.06. The maximum absolute atomic E-state index is 9.56. The molecular formula is C16H22N2O. The van der Waals surface area contributed by atoms with E-state index < -0.39 is 0 Å². The molecule has 0 saturated carbocycles. The minimum Gasteiger partial charge on any atom is -0.508 e. The van der Waals surface area contributed by atoms with Crippen LogP contribution in [0.5, 0.6) is 5.75 Å². The van der Waals surface area contributed by atoms with Gasteiger partial charge in [-0.2, -0.15) is 0 Å². The van der Waals surface area contributed by atoms with Crippen LogP contribution in [0.1, 0.15) is 42.9 Å². The van der Waals surface area contributed by atoms with Crippen molar-refractivity contribution in [2.45, 2.75) is 50.2 Å². The molecule has 2 aliphatic heterocycles. The fraction of sp³-hybridized carbons (Fsp3) is 0.625. The van der Waals surface area contributed by atoms with Crippen LogP contribution in [0.3, 0.4) is 0 Å². The highest BCUT2D eigenvalue weighted by molar-refractivity contribution is 5.40. The SMILES string of the molecule is Oc1ccc2c(c1)CCC2NC1CCN2CCCC12. The van der Waals surface area contributed by atoms with Crippen molar-refractivity contribution in [2.24, 2.45) is 0 Å². The van der Waals surface area contributed by atoms with Crippen molar-refractivity contribution < 1.29 is 5.11 Å². The highest BCUT2D eigenvalue weighted by Gasteiger charge is 2.38. The Bertz CT molecular complexity index is 488. The minimum atomic E-state index is 0.405. The van der Waals surface area contributed by atoms with Crippen LogP contribution in [0.25, 0.3) is 0 Å². The smallest absolute Gasteiger partial charge is 0.115 e. The van der Waals surface area contributed by atoms with E-state index in [4.69, 9.17) is 0 Å². The van der Waals surface area contributed by atoms with E-state index in [0.717, 1.165) is 12.5 Å². The Morgan fingerprint density at radius 1 is 1.16 bits per heavy atom. The average Bonchev–Trinajstić information content (AvgIpc) is 3.07. The number of hydrogen-bond acceptors (Lipinski definition) is 3. The summed E-state index contributed by atoms with van der Waals surface area (Å²) in [6.45, 7) is 2.58. The highest BCUT2D eigenvalue weighted by Crippen LogP contribution is 2.36. The molecule has 2 heterocycles. The van der Waals surface area contributed by atoms with Gasteiger partial charge in [-0.05, 0) is 61.9 Å². The number of aromatic hydroxyl groups is 1. The molecule has 4 rings (SSSR count). The van der Waals surface area contributed by atoms with Crippen LogP contribution in [0.4, 0.5) is 0 Å². The number of aryl methyl sites for hydroxylation is 1. The number of benzene rings is 1. The molecule has 1 aromatic carbocycles. The lowest BCUT2D eigenvalue weighted by molar-refractivity contribution is 0.288. The molecule has 0 aromatic heterocycles. The summed E-state index contributed by atoms with van der Waals surface area (Å²) < 4.78 is 0. The van der Waals surface area contributed by atoms with Crippen molar-refractivity contribution in [3.63, 3.8) is 0 Å². The zero-order valence-corrected chi connectivity index (χ0v) is 11.3. The molecule has 3 heteroatoms. The summed E-state index contributed by atoms with van der Waals surface area (Å²) >= 11 is 0. The maximum Gasteiger partial charge on any atom is 0.115 e. The number of phenolic OH excluding ortho intramolecular Hbond substituents is 1. The Balaban J connectivity index is 1.50. The summed E-state index contributed by atoms with van der Waals surface area (Å²) in [7, 11) is 0. The summed E-state index contributed by atoms with van der Waals surface area (Å²) in [5.41, 5.74) is 2.74. The highest BCUT2D eigenvalue weighted by atomic mass is 16.3. The topological polar surface area (TPSA) is 35.5 Å². The van der Waals surface area contributed by atoms with Crippen molar-refractivity contribution in [1.82, 2.24) is 10.2 Å². The van der Waals surface area contributed by atoms with Gasteiger partial charge in [0.1, 0.15) is 5.75 Å². The van der Waals surface area contributed by atoms with Gasteiger partial charge < -0.3 is 10.4 Å². The van der Waals surface area contributed by atoms with E-state index >= 15 is 0 Å². The second-order valence-corrected chi connectivity index (χ2v) is 6.28. The second kappa shape index (κ2) is 4.50. The normalized spacial score (nSPS) is 33.6. The van der Waals surface area contributed by atoms with E-state index in [0.29, 0.717) is 17.8 Å². The van der Waals surface area contributed by atoms with Gasteiger partial charge in [0, 0.05) is 24.7 Å². The third-order valence-corrected chi connectivity index (χ3v) is 5.23. The molecule has 2 saturated heterocycles. The molecule has 0 bridgehead atoms. The Labute approximate surface area is 114 Å². The van der Waals surface area contributed by atoms with Crippen molar-refractivity contribution in [3.8, 4) is 5.75 Å². The lowest BCUT2D eigenvalue weighted by Crippen LogP contribution is -2.40. The molecule has 1 aliphatic carbocycles. The molecule has 0 radical (unpaired) electrons. The Morgan fingerprint density at radius 3 is 3.05 bits per heavy atom. The fourth-order valence-corrected chi connectivity index (χ4v) is 4.31. The quantitative estimate of drug-likeness (QED) is 0.853. The minimum absolute atomic E-state index is 0.405. The first-order chi connectivity index (χ1) is 9.31. The number of rotatable bonds is 2. The van der Waals surface area contributed by atoms with Gasteiger partial charge in [-0.25, -0.2) is 0 Å². The zero-order valence-electron chi connectivity index (χ0n) is 11.3. The molecule has 19 heavy (non-hydrogen) atoms. The van der Waals surface area contributed by atoms with E-state index in [-0.39, 0.29) is 0 Å². The molecular weight excluding hydrogens is 236 g/mol. The third-order valence-electron chi connectivity index (χ3n) is 5.23. The van der Waals surface area contributed by atoms with Gasteiger partial charge in [-0.1, -0.05) is 6.07 Å². The Kier molecular flexibility index (Phi) is 2.78. The van der Waals surface area contributed by atoms with Gasteiger partial charge in [0.2, 0.25) is 0 Å². The van der Waals surface area contributed by atoms with Crippen molar-refractivity contribution >= 4 is 0 Å². The van der Waals surface area contributed by atoms with Gasteiger partial charge in [-0.3, -0.25) is 4.90 Å². The fourth-order valence-electron chi connectivity index (χ4n) is 4.31. The van der Waals surface area contributed by atoms with Crippen LogP contribution >= 0.6 is 0 Å². The lowest BCUT2D eigenvalue weighted by atomic mass is 10.0. The molecule has 2 N–H and O–H groups in total. The summed E-state index contributed by atoms with van der Waals surface area (Å²) in [5.74, 6) is 0.405. The lowest BCUT2D eigenvalue weighted by Gasteiger charge is -2.25. The predicted molar refractivity (Wildman–Crippen MR) is 75.3 cm³/mol. The van der Waals surface area contributed by atoms with Gasteiger partial charge in [-0.15, -0.1) is 0 Å². The molecule has 3 atom stereocenters. The van der Waals surface area contributed by atoms with Gasteiger partial charge in [0.05, 0.1) is 0 Å². The summed E-state index contributed by atoms with van der Waals surface area (Å²) in [5, 5.41) is 13.5. The van der Waals surface area contributed by atoms with E-state index in [2.05, 4.69) is 16.3 Å². The predicted octanol–water partition coefficient (Wildman–Crippen LogP) is 2.21. The number of phenols is 1. The van der Waals surface area contributed by atoms with Crippen molar-refractivity contribution in [3.05, 3.63) is 29.3 Å². The molecule has 1 aromatic rings. The largest absolute Gasteiger partial charge is 0.508 e. The van der Waals surface area contributed by atoms with E-state index in [1.54, 1.807) is 0 Å². The van der Waals surface area contributed by atoms with Crippen LogP contribution < -0.4 is 5.32 Å². The standard InChI is InChI=1S/C16H22N2O/c19-12-4-5-13-11(10-12)3-6-14(13)17-15-7-9-18-8-1-2-16(15)18/h4-5,10,14-17,19H,1-3,6-9H2. The Morgan fingerprint density at radius 2 is 2.11 bits per heavy atom. The number of nitrogens with one attached hydrogen (secondary N) is 1. The molecule has 3 aliphatic rings. The van der Waals surface area contributed by atoms with Crippen LogP contribution in [-0.4, -0.2) is 35.2 Å². The molecule has 2 fully saturated rings. The van der Waals surface area contributed by atoms with Crippen LogP contribution in [-0.2, 0) is 6.42 Å². The number of hydrogen-bond donors (Lipinski definition) is 2. The average molecular weight is 258 g/mol. The third kappa shape index (κ3) is 1.96. The van der Waals surface area contributed by atoms with Gasteiger partial charge >= 0.3 is 0 Å². The summed E-state index contributed by atoms with van der Waals surface area (Å²) in [6, 6.07) is 7.83. The molecule has 102 valence electrons. The zero-order chi connectivity index (χ0) is 12.8. The molecule has 3 nitrogen and oxygen atoms in total. The van der Waals surface area contributed by atoms with Crippen molar-refractivity contribution in [1.29, 1.82) is 0 Å². The van der Waals surface area contributed by atoms with Crippen LogP contribution in [0, 0.1) is 0 Å². The molecule has 0 amide bonds. The first-order valence-corrected chi connectivity index (χ1v) is 7.63. The van der Waals surface area contributed by atoms with E-state index in [9.17, 15) is 5.11 Å². The van der Waals surface area contributed by atoms with Crippen LogP contribution in [0.2, 0.25) is 0 Å². The monoisotopic (exact) mass is 258 g/mol. The van der Waals surface area contributed by atoms with Gasteiger partial charge in [0.25, 0.3) is 0 Å². The summed E-state index contributed by atoms with van der Waals surface area (Å²) in [6.07, 6.45) is 6.32. The maximum atomic E-state index is 9.56. The van der Waals surface area contributed by atoms with E-state index in [1.165, 1.54) is 49.9 Å². The first-order valence-electron chi connectivity index (χ1n) is 7.63. The van der Waals surface area contributed by atoms with Crippen molar-refractivity contribution in [2.75, 3.05) is 13.1 Å².